The van der Waals surface area contributed by atoms with Crippen LogP contribution in [0.4, 0.5) is 4.39 Å². The van der Waals surface area contributed by atoms with Gasteiger partial charge in [0.2, 0.25) is 0 Å². The lowest BCUT2D eigenvalue weighted by Crippen LogP contribution is -2.29. The SMILES string of the molecule is Cc1ccc(F)cc1C(N)C1CSCCS1. The van der Waals surface area contributed by atoms with E-state index in [4.69, 9.17) is 5.73 Å². The first-order valence-corrected chi connectivity index (χ1v) is 7.60. The molecule has 0 bridgehead atoms. The maximum absolute atomic E-state index is 13.2. The molecule has 1 saturated heterocycles. The Labute approximate surface area is 104 Å². The van der Waals surface area contributed by atoms with Gasteiger partial charge in [0.25, 0.3) is 0 Å². The van der Waals surface area contributed by atoms with Crippen molar-refractivity contribution in [2.75, 3.05) is 17.3 Å². The molecule has 2 N–H and O–H groups in total. The third kappa shape index (κ3) is 2.73. The molecule has 1 fully saturated rings. The molecule has 88 valence electrons. The maximum atomic E-state index is 13.2. The monoisotopic (exact) mass is 257 g/mol. The van der Waals surface area contributed by atoms with Crippen LogP contribution in [0.25, 0.3) is 0 Å². The zero-order chi connectivity index (χ0) is 11.5. The zero-order valence-corrected chi connectivity index (χ0v) is 10.9. The number of hydrogen-bond donors (Lipinski definition) is 1. The minimum Gasteiger partial charge on any atom is -0.323 e. The summed E-state index contributed by atoms with van der Waals surface area (Å²) in [6, 6.07) is 4.84. The Morgan fingerprint density at radius 1 is 1.44 bits per heavy atom. The Balaban J connectivity index is 2.18. The normalized spacial score (nSPS) is 23.1. The summed E-state index contributed by atoms with van der Waals surface area (Å²) in [7, 11) is 0. The van der Waals surface area contributed by atoms with E-state index in [0.29, 0.717) is 5.25 Å². The van der Waals surface area contributed by atoms with Crippen molar-refractivity contribution in [2.24, 2.45) is 5.73 Å². The highest BCUT2D eigenvalue weighted by Crippen LogP contribution is 2.33. The number of benzene rings is 1. The van der Waals surface area contributed by atoms with E-state index >= 15 is 0 Å². The van der Waals surface area contributed by atoms with E-state index in [9.17, 15) is 4.39 Å². The van der Waals surface area contributed by atoms with Gasteiger partial charge in [0, 0.05) is 28.6 Å². The summed E-state index contributed by atoms with van der Waals surface area (Å²) in [6.07, 6.45) is 0. The third-order valence-corrected chi connectivity index (χ3v) is 5.73. The van der Waals surface area contributed by atoms with Crippen molar-refractivity contribution in [3.05, 3.63) is 35.1 Å². The fraction of sp³-hybridized carbons (Fsp3) is 0.500. The van der Waals surface area contributed by atoms with Crippen molar-refractivity contribution in [1.82, 2.24) is 0 Å². The van der Waals surface area contributed by atoms with Crippen LogP contribution in [-0.2, 0) is 0 Å². The molecule has 2 atom stereocenters. The molecule has 4 heteroatoms. The molecule has 0 spiro atoms. The first-order valence-electron chi connectivity index (χ1n) is 5.39. The van der Waals surface area contributed by atoms with Gasteiger partial charge in [-0.15, -0.1) is 0 Å². The van der Waals surface area contributed by atoms with Crippen LogP contribution >= 0.6 is 23.5 Å². The molecule has 2 unspecified atom stereocenters. The van der Waals surface area contributed by atoms with E-state index in [1.54, 1.807) is 6.07 Å². The molecule has 1 aromatic carbocycles. The summed E-state index contributed by atoms with van der Waals surface area (Å²) in [4.78, 5) is 0. The third-order valence-electron chi connectivity index (χ3n) is 2.84. The van der Waals surface area contributed by atoms with E-state index < -0.39 is 0 Å². The van der Waals surface area contributed by atoms with Gasteiger partial charge >= 0.3 is 0 Å². The summed E-state index contributed by atoms with van der Waals surface area (Å²) >= 11 is 3.85. The van der Waals surface area contributed by atoms with Crippen molar-refractivity contribution in [3.63, 3.8) is 0 Å². The molecule has 1 nitrogen and oxygen atoms in total. The van der Waals surface area contributed by atoms with Gasteiger partial charge in [0.15, 0.2) is 0 Å². The number of nitrogens with two attached hydrogens (primary N) is 1. The topological polar surface area (TPSA) is 26.0 Å². The molecule has 0 saturated carbocycles. The summed E-state index contributed by atoms with van der Waals surface area (Å²) in [5, 5.41) is 0.416. The molecular weight excluding hydrogens is 241 g/mol. The molecule has 0 amide bonds. The van der Waals surface area contributed by atoms with E-state index in [1.165, 1.54) is 11.8 Å². The molecule has 0 radical (unpaired) electrons. The Hall–Kier alpha value is -0.190. The fourth-order valence-corrected chi connectivity index (χ4v) is 4.68. The highest BCUT2D eigenvalue weighted by molar-refractivity contribution is 8.06. The van der Waals surface area contributed by atoms with Gasteiger partial charge in [-0.1, -0.05) is 6.07 Å². The van der Waals surface area contributed by atoms with Gasteiger partial charge in [0.1, 0.15) is 5.82 Å². The van der Waals surface area contributed by atoms with Gasteiger partial charge in [-0.3, -0.25) is 0 Å². The molecule has 1 aliphatic rings. The standard InChI is InChI=1S/C12H16FNS2/c1-8-2-3-9(13)6-10(8)12(14)11-7-15-4-5-16-11/h2-3,6,11-12H,4-5,7,14H2,1H3. The lowest BCUT2D eigenvalue weighted by Gasteiger charge is -2.27. The van der Waals surface area contributed by atoms with Crippen LogP contribution in [0.2, 0.25) is 0 Å². The quantitative estimate of drug-likeness (QED) is 0.882. The predicted octanol–water partition coefficient (Wildman–Crippen LogP) is 2.98. The average molecular weight is 257 g/mol. The lowest BCUT2D eigenvalue weighted by molar-refractivity contribution is 0.617. The number of halogens is 1. The Morgan fingerprint density at radius 3 is 2.94 bits per heavy atom. The van der Waals surface area contributed by atoms with Crippen molar-refractivity contribution in [2.45, 2.75) is 18.2 Å². The Bertz CT molecular complexity index is 364. The molecule has 1 aromatic rings. The highest BCUT2D eigenvalue weighted by Gasteiger charge is 2.24. The van der Waals surface area contributed by atoms with Crippen molar-refractivity contribution < 1.29 is 4.39 Å². The first-order chi connectivity index (χ1) is 7.68. The van der Waals surface area contributed by atoms with E-state index in [2.05, 4.69) is 0 Å². The first kappa shape index (κ1) is 12.3. The lowest BCUT2D eigenvalue weighted by atomic mass is 10.00. The highest BCUT2D eigenvalue weighted by atomic mass is 32.2. The van der Waals surface area contributed by atoms with Crippen molar-refractivity contribution in [1.29, 1.82) is 0 Å². The second-order valence-corrected chi connectivity index (χ2v) is 6.51. The minimum atomic E-state index is -0.190. The number of aryl methyl sites for hydroxylation is 1. The number of rotatable bonds is 2. The van der Waals surface area contributed by atoms with Crippen LogP contribution in [0.15, 0.2) is 18.2 Å². The smallest absolute Gasteiger partial charge is 0.123 e. The van der Waals surface area contributed by atoms with Crippen LogP contribution in [-0.4, -0.2) is 22.5 Å². The average Bonchev–Trinajstić information content (AvgIpc) is 2.32. The van der Waals surface area contributed by atoms with Gasteiger partial charge in [-0.05, 0) is 30.2 Å². The predicted molar refractivity (Wildman–Crippen MR) is 71.6 cm³/mol. The van der Waals surface area contributed by atoms with Crippen LogP contribution in [0.3, 0.4) is 0 Å². The van der Waals surface area contributed by atoms with E-state index in [-0.39, 0.29) is 11.9 Å². The number of thioether (sulfide) groups is 2. The molecule has 16 heavy (non-hydrogen) atoms. The summed E-state index contributed by atoms with van der Waals surface area (Å²) in [6.45, 7) is 2.00. The molecule has 1 aliphatic heterocycles. The van der Waals surface area contributed by atoms with Gasteiger partial charge in [-0.2, -0.15) is 23.5 Å². The molecule has 0 aliphatic carbocycles. The summed E-state index contributed by atoms with van der Waals surface area (Å²) in [5.41, 5.74) is 8.28. The number of hydrogen-bond acceptors (Lipinski definition) is 3. The maximum Gasteiger partial charge on any atom is 0.123 e. The van der Waals surface area contributed by atoms with Crippen molar-refractivity contribution >= 4 is 23.5 Å². The fourth-order valence-electron chi connectivity index (χ4n) is 1.88. The van der Waals surface area contributed by atoms with E-state index in [0.717, 1.165) is 22.6 Å². The van der Waals surface area contributed by atoms with Crippen LogP contribution in [0.5, 0.6) is 0 Å². The second-order valence-electron chi connectivity index (χ2n) is 4.01. The Kier molecular flexibility index (Phi) is 4.16. The molecule has 1 heterocycles. The molecule has 2 rings (SSSR count). The van der Waals surface area contributed by atoms with Gasteiger partial charge < -0.3 is 5.73 Å². The minimum absolute atomic E-state index is 0.0477. The van der Waals surface area contributed by atoms with Crippen LogP contribution in [0, 0.1) is 12.7 Å². The van der Waals surface area contributed by atoms with Gasteiger partial charge in [-0.25, -0.2) is 4.39 Å². The Morgan fingerprint density at radius 2 is 2.25 bits per heavy atom. The second kappa shape index (κ2) is 5.43. The summed E-state index contributed by atoms with van der Waals surface area (Å²) in [5.74, 6) is 3.24. The zero-order valence-electron chi connectivity index (χ0n) is 9.28. The van der Waals surface area contributed by atoms with Gasteiger partial charge in [0.05, 0.1) is 0 Å². The van der Waals surface area contributed by atoms with Crippen molar-refractivity contribution in [3.8, 4) is 0 Å². The van der Waals surface area contributed by atoms with Crippen LogP contribution < -0.4 is 5.73 Å². The van der Waals surface area contributed by atoms with Crippen LogP contribution in [0.1, 0.15) is 17.2 Å². The molecule has 0 aromatic heterocycles. The van der Waals surface area contributed by atoms with E-state index in [1.807, 2.05) is 36.5 Å². The summed E-state index contributed by atoms with van der Waals surface area (Å²) < 4.78 is 13.2. The largest absolute Gasteiger partial charge is 0.323 e. The molecular formula is C12H16FNS2.